The zero-order chi connectivity index (χ0) is 33.0. The molecule has 0 bridgehead atoms. The van der Waals surface area contributed by atoms with E-state index in [9.17, 15) is 0 Å². The lowest BCUT2D eigenvalue weighted by atomic mass is 9.95. The number of hydrogen-bond acceptors (Lipinski definition) is 5. The van der Waals surface area contributed by atoms with Crippen LogP contribution in [0.1, 0.15) is 0 Å². The number of thiophene rings is 1. The van der Waals surface area contributed by atoms with Crippen LogP contribution in [-0.4, -0.2) is 15.0 Å². The summed E-state index contributed by atoms with van der Waals surface area (Å²) in [4.78, 5) is 14.9. The summed E-state index contributed by atoms with van der Waals surface area (Å²) in [6, 6.07) is 54.6. The van der Waals surface area contributed by atoms with Gasteiger partial charge in [0, 0.05) is 65.0 Å². The first-order valence-corrected chi connectivity index (χ1v) is 17.4. The van der Waals surface area contributed by atoms with Crippen molar-refractivity contribution in [1.29, 1.82) is 0 Å². The third kappa shape index (κ3) is 4.71. The third-order valence-corrected chi connectivity index (χ3v) is 10.6. The lowest BCUT2D eigenvalue weighted by molar-refractivity contribution is 0.670. The molecule has 4 heterocycles. The molecule has 0 aliphatic carbocycles. The average Bonchev–Trinajstić information content (AvgIpc) is 3.77. The maximum atomic E-state index is 6.77. The number of pyridine rings is 1. The summed E-state index contributed by atoms with van der Waals surface area (Å²) in [5.41, 5.74) is 10.4. The Hall–Kier alpha value is -6.43. The van der Waals surface area contributed by atoms with Crippen LogP contribution < -0.4 is 0 Å². The maximum absolute atomic E-state index is 6.77. The van der Waals surface area contributed by atoms with Crippen LogP contribution in [0.4, 0.5) is 0 Å². The minimum atomic E-state index is 0.641. The number of aromatic nitrogens is 3. The molecule has 0 unspecified atom stereocenters. The molecule has 4 nitrogen and oxygen atoms in total. The standard InChI is InChI=1S/C45H27N3OS/c1-2-12-28(13-3-1)38-27-39(48-45(47-38)30-15-10-14-29(26-30)37-20-8-9-25-46-37)35-24-23-32(42-36-17-4-6-21-40(36)49-43(35)42)34-19-11-18-33-31-16-5-7-22-41(31)50-44(33)34/h1-27H. The molecule has 6 aromatic carbocycles. The minimum absolute atomic E-state index is 0.641. The lowest BCUT2D eigenvalue weighted by Gasteiger charge is -2.12. The second kappa shape index (κ2) is 11.6. The Morgan fingerprint density at radius 1 is 0.460 bits per heavy atom. The number of benzene rings is 6. The highest BCUT2D eigenvalue weighted by Crippen LogP contribution is 2.46. The Balaban J connectivity index is 1.22. The number of nitrogens with zero attached hydrogens (tertiary/aromatic N) is 3. The molecule has 0 spiro atoms. The van der Waals surface area contributed by atoms with Gasteiger partial charge >= 0.3 is 0 Å². The highest BCUT2D eigenvalue weighted by atomic mass is 32.1. The zero-order valence-corrected chi connectivity index (χ0v) is 27.6. The first-order valence-electron chi connectivity index (χ1n) is 16.6. The van der Waals surface area contributed by atoms with Crippen molar-refractivity contribution in [2.75, 3.05) is 0 Å². The van der Waals surface area contributed by atoms with Gasteiger partial charge in [-0.25, -0.2) is 9.97 Å². The molecule has 10 rings (SSSR count). The molecule has 5 heteroatoms. The van der Waals surface area contributed by atoms with Gasteiger partial charge in [0.25, 0.3) is 0 Å². The van der Waals surface area contributed by atoms with Crippen LogP contribution in [0.15, 0.2) is 168 Å². The van der Waals surface area contributed by atoms with E-state index in [0.717, 1.165) is 66.8 Å². The van der Waals surface area contributed by atoms with Gasteiger partial charge in [-0.2, -0.15) is 0 Å². The number of para-hydroxylation sites is 1. The Morgan fingerprint density at radius 2 is 1.18 bits per heavy atom. The molecule has 50 heavy (non-hydrogen) atoms. The van der Waals surface area contributed by atoms with E-state index in [1.165, 1.54) is 25.7 Å². The van der Waals surface area contributed by atoms with E-state index in [-0.39, 0.29) is 0 Å². The molecule has 0 aliphatic heterocycles. The number of furan rings is 1. The van der Waals surface area contributed by atoms with Gasteiger partial charge in [0.05, 0.1) is 17.1 Å². The van der Waals surface area contributed by atoms with Crippen LogP contribution in [0.2, 0.25) is 0 Å². The molecule has 0 fully saturated rings. The van der Waals surface area contributed by atoms with E-state index in [2.05, 4.69) is 108 Å². The molecule has 10 aromatic rings. The van der Waals surface area contributed by atoms with E-state index in [1.54, 1.807) is 0 Å². The van der Waals surface area contributed by atoms with Crippen LogP contribution in [-0.2, 0) is 0 Å². The van der Waals surface area contributed by atoms with Crippen LogP contribution in [0.3, 0.4) is 0 Å². The van der Waals surface area contributed by atoms with Gasteiger partial charge in [0.15, 0.2) is 5.82 Å². The number of hydrogen-bond donors (Lipinski definition) is 0. The lowest BCUT2D eigenvalue weighted by Crippen LogP contribution is -1.97. The summed E-state index contributed by atoms with van der Waals surface area (Å²) in [5, 5.41) is 4.72. The highest BCUT2D eigenvalue weighted by Gasteiger charge is 2.21. The molecule has 0 amide bonds. The van der Waals surface area contributed by atoms with Crippen LogP contribution in [0.25, 0.3) is 98.4 Å². The first kappa shape index (κ1) is 28.6. The summed E-state index contributed by atoms with van der Waals surface area (Å²) >= 11 is 1.84. The van der Waals surface area contributed by atoms with E-state index in [4.69, 9.17) is 14.4 Å². The SMILES string of the molecule is c1ccc(-c2cc(-c3ccc(-c4cccc5c4sc4ccccc45)c4c3oc3ccccc34)nc(-c3cccc(-c4ccccn4)c3)n2)cc1. The molecule has 0 saturated carbocycles. The molecule has 0 aliphatic rings. The van der Waals surface area contributed by atoms with Crippen molar-refractivity contribution < 1.29 is 4.42 Å². The molecule has 0 radical (unpaired) electrons. The second-order valence-electron chi connectivity index (χ2n) is 12.4. The van der Waals surface area contributed by atoms with Gasteiger partial charge in [0.2, 0.25) is 0 Å². The Morgan fingerprint density at radius 3 is 2.08 bits per heavy atom. The predicted octanol–water partition coefficient (Wildman–Crippen LogP) is 12.5. The second-order valence-corrected chi connectivity index (χ2v) is 13.4. The third-order valence-electron chi connectivity index (χ3n) is 9.37. The topological polar surface area (TPSA) is 51.8 Å². The highest BCUT2D eigenvalue weighted by molar-refractivity contribution is 7.26. The number of rotatable bonds is 5. The quantitative estimate of drug-likeness (QED) is 0.185. The normalized spacial score (nSPS) is 11.6. The molecular weight excluding hydrogens is 631 g/mol. The predicted molar refractivity (Wildman–Crippen MR) is 207 cm³/mol. The van der Waals surface area contributed by atoms with E-state index in [1.807, 2.05) is 72.1 Å². The smallest absolute Gasteiger partial charge is 0.160 e. The first-order chi connectivity index (χ1) is 24.8. The van der Waals surface area contributed by atoms with Gasteiger partial charge in [-0.3, -0.25) is 4.98 Å². The zero-order valence-electron chi connectivity index (χ0n) is 26.7. The minimum Gasteiger partial charge on any atom is -0.455 e. The van der Waals surface area contributed by atoms with Crippen molar-refractivity contribution in [3.05, 3.63) is 164 Å². The fraction of sp³-hybridized carbons (Fsp3) is 0. The van der Waals surface area contributed by atoms with Gasteiger partial charge in [0.1, 0.15) is 11.2 Å². The van der Waals surface area contributed by atoms with E-state index < -0.39 is 0 Å². The molecule has 4 aromatic heterocycles. The van der Waals surface area contributed by atoms with Gasteiger partial charge < -0.3 is 4.42 Å². The summed E-state index contributed by atoms with van der Waals surface area (Å²) in [5.74, 6) is 0.641. The van der Waals surface area contributed by atoms with Gasteiger partial charge in [-0.1, -0.05) is 115 Å². The van der Waals surface area contributed by atoms with E-state index in [0.29, 0.717) is 5.82 Å². The number of fused-ring (bicyclic) bond motifs is 6. The van der Waals surface area contributed by atoms with Gasteiger partial charge in [-0.15, -0.1) is 11.3 Å². The van der Waals surface area contributed by atoms with Crippen molar-refractivity contribution in [3.8, 4) is 56.3 Å². The summed E-state index contributed by atoms with van der Waals surface area (Å²) in [6.45, 7) is 0. The molecule has 0 saturated heterocycles. The summed E-state index contributed by atoms with van der Waals surface area (Å²) in [7, 11) is 0. The molecule has 0 atom stereocenters. The van der Waals surface area contributed by atoms with Gasteiger partial charge in [-0.05, 0) is 48.0 Å². The molecule has 0 N–H and O–H groups in total. The Labute approximate surface area is 292 Å². The Bertz CT molecular complexity index is 2870. The van der Waals surface area contributed by atoms with E-state index >= 15 is 0 Å². The van der Waals surface area contributed by atoms with Crippen molar-refractivity contribution in [1.82, 2.24) is 15.0 Å². The van der Waals surface area contributed by atoms with Crippen molar-refractivity contribution in [2.24, 2.45) is 0 Å². The van der Waals surface area contributed by atoms with Crippen molar-refractivity contribution in [3.63, 3.8) is 0 Å². The largest absolute Gasteiger partial charge is 0.455 e. The van der Waals surface area contributed by atoms with Crippen molar-refractivity contribution in [2.45, 2.75) is 0 Å². The summed E-state index contributed by atoms with van der Waals surface area (Å²) in [6.07, 6.45) is 1.82. The fourth-order valence-corrected chi connectivity index (χ4v) is 8.27. The Kier molecular flexibility index (Phi) is 6.64. The maximum Gasteiger partial charge on any atom is 0.160 e. The van der Waals surface area contributed by atoms with Crippen LogP contribution >= 0.6 is 11.3 Å². The van der Waals surface area contributed by atoms with Crippen LogP contribution in [0.5, 0.6) is 0 Å². The summed E-state index contributed by atoms with van der Waals surface area (Å²) < 4.78 is 9.33. The van der Waals surface area contributed by atoms with Crippen molar-refractivity contribution >= 4 is 53.4 Å². The van der Waals surface area contributed by atoms with Crippen LogP contribution in [0, 0.1) is 0 Å². The fourth-order valence-electron chi connectivity index (χ4n) is 7.04. The average molecular weight is 658 g/mol. The monoisotopic (exact) mass is 657 g/mol. The molecular formula is C45H27N3OS. The molecule has 234 valence electrons.